The lowest BCUT2D eigenvalue weighted by molar-refractivity contribution is -0.140. The Bertz CT molecular complexity index is 367. The van der Waals surface area contributed by atoms with Gasteiger partial charge in [0.2, 0.25) is 0 Å². The monoisotopic (exact) mass is 264 g/mol. The summed E-state index contributed by atoms with van der Waals surface area (Å²) >= 11 is 0. The summed E-state index contributed by atoms with van der Waals surface area (Å²) in [5.41, 5.74) is 1.73. The fraction of sp³-hybridized carbons (Fsp3) is 0.824. The molecule has 0 aromatic carbocycles. The zero-order valence-corrected chi connectivity index (χ0v) is 12.9. The summed E-state index contributed by atoms with van der Waals surface area (Å²) in [7, 11) is 0. The van der Waals surface area contributed by atoms with Crippen molar-refractivity contribution >= 4 is 5.97 Å². The van der Waals surface area contributed by atoms with Gasteiger partial charge < -0.3 is 4.74 Å². The molecule has 3 atom stereocenters. The molecule has 2 rings (SSSR count). The highest BCUT2D eigenvalue weighted by Gasteiger charge is 2.50. The maximum atomic E-state index is 11.0. The molecule has 2 nitrogen and oxygen atoms in total. The van der Waals surface area contributed by atoms with Crippen LogP contribution < -0.4 is 0 Å². The Morgan fingerprint density at radius 1 is 1.47 bits per heavy atom. The Labute approximate surface area is 117 Å². The van der Waals surface area contributed by atoms with E-state index in [0.29, 0.717) is 17.9 Å². The molecule has 0 radical (unpaired) electrons. The average molecular weight is 264 g/mol. The molecule has 19 heavy (non-hydrogen) atoms. The van der Waals surface area contributed by atoms with E-state index in [1.54, 1.807) is 0 Å². The van der Waals surface area contributed by atoms with Crippen molar-refractivity contribution in [1.82, 2.24) is 0 Å². The molecule has 3 unspecified atom stereocenters. The molecule has 0 spiro atoms. The van der Waals surface area contributed by atoms with Crippen LogP contribution in [0, 0.1) is 23.2 Å². The van der Waals surface area contributed by atoms with Gasteiger partial charge in [-0.2, -0.15) is 0 Å². The van der Waals surface area contributed by atoms with E-state index in [1.165, 1.54) is 44.6 Å². The van der Waals surface area contributed by atoms with Crippen LogP contribution in [0.5, 0.6) is 0 Å². The van der Waals surface area contributed by atoms with Crippen LogP contribution in [-0.4, -0.2) is 12.6 Å². The van der Waals surface area contributed by atoms with E-state index in [4.69, 9.17) is 4.74 Å². The lowest BCUT2D eigenvalue weighted by Crippen LogP contribution is -2.28. The first-order valence-corrected chi connectivity index (χ1v) is 7.79. The fourth-order valence-corrected chi connectivity index (χ4v) is 4.35. The van der Waals surface area contributed by atoms with E-state index in [-0.39, 0.29) is 5.97 Å². The number of ether oxygens (including phenoxy) is 1. The normalized spacial score (nSPS) is 32.0. The molecule has 0 heterocycles. The van der Waals surface area contributed by atoms with Gasteiger partial charge in [-0.3, -0.25) is 4.79 Å². The minimum Gasteiger partial charge on any atom is -0.461 e. The van der Waals surface area contributed by atoms with Crippen LogP contribution in [0.2, 0.25) is 0 Å². The molecule has 0 aromatic heterocycles. The summed E-state index contributed by atoms with van der Waals surface area (Å²) in [6.07, 6.45) is 8.84. The maximum Gasteiger partial charge on any atom is 0.302 e. The number of carbonyl (C=O) groups is 1. The standard InChI is InChI=1S/C17H28O2/c1-5-6-7-15-13-8-9-14(11-19-12(2)18)16(10-13)17(15,3)4/h9,13,15-16H,5-8,10-11H2,1-4H3. The lowest BCUT2D eigenvalue weighted by atomic mass is 9.71. The predicted octanol–water partition coefficient (Wildman–Crippen LogP) is 4.35. The third-order valence-electron chi connectivity index (χ3n) is 5.40. The van der Waals surface area contributed by atoms with Crippen molar-refractivity contribution in [1.29, 1.82) is 0 Å². The number of fused-ring (bicyclic) bond motifs is 2. The highest BCUT2D eigenvalue weighted by Crippen LogP contribution is 2.58. The molecular weight excluding hydrogens is 236 g/mol. The third kappa shape index (κ3) is 2.88. The van der Waals surface area contributed by atoms with Gasteiger partial charge in [-0.1, -0.05) is 39.7 Å². The van der Waals surface area contributed by atoms with Crippen molar-refractivity contribution in [3.05, 3.63) is 11.6 Å². The maximum absolute atomic E-state index is 11.0. The average Bonchev–Trinajstić information content (AvgIpc) is 2.55. The number of allylic oxidation sites excluding steroid dienone is 1. The van der Waals surface area contributed by atoms with Gasteiger partial charge in [0, 0.05) is 6.92 Å². The van der Waals surface area contributed by atoms with Crippen LogP contribution in [-0.2, 0) is 9.53 Å². The number of esters is 1. The minimum absolute atomic E-state index is 0.165. The largest absolute Gasteiger partial charge is 0.461 e. The van der Waals surface area contributed by atoms with Gasteiger partial charge in [0.25, 0.3) is 0 Å². The molecule has 0 saturated heterocycles. The highest BCUT2D eigenvalue weighted by molar-refractivity contribution is 5.66. The van der Waals surface area contributed by atoms with Crippen LogP contribution >= 0.6 is 0 Å². The van der Waals surface area contributed by atoms with Gasteiger partial charge in [-0.25, -0.2) is 0 Å². The van der Waals surface area contributed by atoms with E-state index in [9.17, 15) is 4.79 Å². The summed E-state index contributed by atoms with van der Waals surface area (Å²) in [5.74, 6) is 2.14. The van der Waals surface area contributed by atoms with Gasteiger partial charge in [0.15, 0.2) is 0 Å². The summed E-state index contributed by atoms with van der Waals surface area (Å²) in [6.45, 7) is 9.13. The van der Waals surface area contributed by atoms with Crippen molar-refractivity contribution < 1.29 is 9.53 Å². The van der Waals surface area contributed by atoms with E-state index < -0.39 is 0 Å². The van der Waals surface area contributed by atoms with E-state index in [0.717, 1.165) is 11.8 Å². The molecule has 2 heteroatoms. The molecule has 0 N–H and O–H groups in total. The van der Waals surface area contributed by atoms with Crippen LogP contribution in [0.4, 0.5) is 0 Å². The molecular formula is C17H28O2. The van der Waals surface area contributed by atoms with Crippen molar-refractivity contribution in [2.45, 2.75) is 59.8 Å². The second-order valence-electron chi connectivity index (χ2n) is 6.91. The van der Waals surface area contributed by atoms with E-state index in [2.05, 4.69) is 26.8 Å². The first-order chi connectivity index (χ1) is 8.96. The zero-order valence-electron chi connectivity index (χ0n) is 12.9. The molecule has 1 saturated carbocycles. The fourth-order valence-electron chi connectivity index (χ4n) is 4.35. The van der Waals surface area contributed by atoms with E-state index >= 15 is 0 Å². The smallest absolute Gasteiger partial charge is 0.302 e. The molecule has 1 fully saturated rings. The molecule has 108 valence electrons. The highest BCUT2D eigenvalue weighted by atomic mass is 16.5. The van der Waals surface area contributed by atoms with E-state index in [1.807, 2.05) is 0 Å². The topological polar surface area (TPSA) is 26.3 Å². The van der Waals surface area contributed by atoms with Gasteiger partial charge in [0.05, 0.1) is 0 Å². The Hall–Kier alpha value is -0.790. The second kappa shape index (κ2) is 5.68. The summed E-state index contributed by atoms with van der Waals surface area (Å²) in [5, 5.41) is 0. The number of rotatable bonds is 5. The second-order valence-corrected chi connectivity index (χ2v) is 6.91. The quantitative estimate of drug-likeness (QED) is 0.545. The minimum atomic E-state index is -0.165. The Morgan fingerprint density at radius 2 is 2.21 bits per heavy atom. The Kier molecular flexibility index (Phi) is 4.37. The first-order valence-electron chi connectivity index (χ1n) is 7.79. The first kappa shape index (κ1) is 14.6. The van der Waals surface area contributed by atoms with Gasteiger partial charge in [-0.15, -0.1) is 0 Å². The third-order valence-corrected chi connectivity index (χ3v) is 5.40. The number of hydrogen-bond donors (Lipinski definition) is 0. The van der Waals surface area contributed by atoms with Gasteiger partial charge >= 0.3 is 5.97 Å². The van der Waals surface area contributed by atoms with Gasteiger partial charge in [0.1, 0.15) is 6.61 Å². The molecule has 0 amide bonds. The van der Waals surface area contributed by atoms with Crippen LogP contribution in [0.3, 0.4) is 0 Å². The Balaban J connectivity index is 2.07. The molecule has 0 aliphatic heterocycles. The molecule has 2 aliphatic carbocycles. The number of unbranched alkanes of at least 4 members (excludes halogenated alkanes) is 1. The molecule has 2 bridgehead atoms. The number of hydrogen-bond acceptors (Lipinski definition) is 2. The molecule has 2 aliphatic rings. The SMILES string of the molecule is CCCCC1C2CC=C(COC(C)=O)C(C2)C1(C)C. The summed E-state index contributed by atoms with van der Waals surface area (Å²) in [6, 6.07) is 0. The summed E-state index contributed by atoms with van der Waals surface area (Å²) in [4.78, 5) is 11.0. The molecule has 0 aromatic rings. The lowest BCUT2D eigenvalue weighted by Gasteiger charge is -2.34. The van der Waals surface area contributed by atoms with Crippen LogP contribution in [0.1, 0.15) is 59.8 Å². The zero-order chi connectivity index (χ0) is 14.0. The van der Waals surface area contributed by atoms with Crippen LogP contribution in [0.15, 0.2) is 11.6 Å². The van der Waals surface area contributed by atoms with Crippen molar-refractivity contribution in [2.24, 2.45) is 23.2 Å². The van der Waals surface area contributed by atoms with Crippen molar-refractivity contribution in [3.63, 3.8) is 0 Å². The Morgan fingerprint density at radius 3 is 2.84 bits per heavy atom. The predicted molar refractivity (Wildman–Crippen MR) is 77.7 cm³/mol. The van der Waals surface area contributed by atoms with Crippen molar-refractivity contribution in [2.75, 3.05) is 6.61 Å². The number of carbonyl (C=O) groups excluding carboxylic acids is 1. The summed E-state index contributed by atoms with van der Waals surface area (Å²) < 4.78 is 5.23. The van der Waals surface area contributed by atoms with Crippen LogP contribution in [0.25, 0.3) is 0 Å². The van der Waals surface area contributed by atoms with Gasteiger partial charge in [-0.05, 0) is 48.0 Å². The van der Waals surface area contributed by atoms with Crippen molar-refractivity contribution in [3.8, 4) is 0 Å².